The summed E-state index contributed by atoms with van der Waals surface area (Å²) in [6, 6.07) is 16.7. The molecule has 3 rings (SSSR count). The van der Waals surface area contributed by atoms with E-state index in [0.29, 0.717) is 24.3 Å². The normalized spacial score (nSPS) is 15.2. The summed E-state index contributed by atoms with van der Waals surface area (Å²) >= 11 is 0. The van der Waals surface area contributed by atoms with E-state index in [1.807, 2.05) is 18.2 Å². The minimum Gasteiger partial charge on any atom is -0.476 e. The monoisotopic (exact) mass is 348 g/mol. The van der Waals surface area contributed by atoms with E-state index in [1.54, 1.807) is 0 Å². The topological polar surface area (TPSA) is 34.0 Å². The number of rotatable bonds is 5. The highest BCUT2D eigenvalue weighted by atomic mass is 16.5. The van der Waals surface area contributed by atoms with E-state index in [4.69, 9.17) is 9.73 Å². The molecule has 0 atom stereocenters. The summed E-state index contributed by atoms with van der Waals surface area (Å²) in [5.74, 6) is 1.47. The Balaban J connectivity index is 2.21. The molecule has 0 N–H and O–H groups in total. The Morgan fingerprint density at radius 2 is 1.58 bits per heavy atom. The van der Waals surface area contributed by atoms with Crippen molar-refractivity contribution in [2.75, 3.05) is 13.2 Å². The van der Waals surface area contributed by atoms with Gasteiger partial charge in [-0.2, -0.15) is 0 Å². The summed E-state index contributed by atoms with van der Waals surface area (Å²) in [7, 11) is 0. The van der Waals surface area contributed by atoms with E-state index in [-0.39, 0.29) is 0 Å². The molecule has 0 aliphatic carbocycles. The molecule has 3 nitrogen and oxygen atoms in total. The van der Waals surface area contributed by atoms with E-state index < -0.39 is 0 Å². The Labute approximate surface area is 156 Å². The van der Waals surface area contributed by atoms with E-state index in [1.165, 1.54) is 11.1 Å². The van der Waals surface area contributed by atoms with Crippen molar-refractivity contribution in [2.24, 2.45) is 9.98 Å². The average molecular weight is 348 g/mol. The van der Waals surface area contributed by atoms with Gasteiger partial charge in [0.15, 0.2) is 0 Å². The lowest BCUT2D eigenvalue weighted by Crippen LogP contribution is -2.24. The number of para-hydroxylation sites is 1. The van der Waals surface area contributed by atoms with Crippen molar-refractivity contribution in [1.82, 2.24) is 0 Å². The Bertz CT molecular complexity index is 778. The van der Waals surface area contributed by atoms with Gasteiger partial charge in [-0.25, -0.2) is 9.98 Å². The fourth-order valence-corrected chi connectivity index (χ4v) is 3.19. The molecule has 2 aromatic rings. The summed E-state index contributed by atoms with van der Waals surface area (Å²) in [6.45, 7) is 10.4. The van der Waals surface area contributed by atoms with Crippen molar-refractivity contribution in [1.29, 1.82) is 0 Å². The molecule has 3 heteroatoms. The summed E-state index contributed by atoms with van der Waals surface area (Å²) in [5.41, 5.74) is 5.47. The van der Waals surface area contributed by atoms with Gasteiger partial charge >= 0.3 is 0 Å². The molecule has 0 fully saturated rings. The van der Waals surface area contributed by atoms with Crippen LogP contribution in [0.25, 0.3) is 0 Å². The van der Waals surface area contributed by atoms with Crippen LogP contribution in [-0.2, 0) is 4.74 Å². The first-order chi connectivity index (χ1) is 12.6. The van der Waals surface area contributed by atoms with Crippen LogP contribution in [0, 0.1) is 0 Å². The van der Waals surface area contributed by atoms with Crippen molar-refractivity contribution in [2.45, 2.75) is 46.0 Å². The zero-order valence-electron chi connectivity index (χ0n) is 16.2. The van der Waals surface area contributed by atoms with Crippen LogP contribution in [0.1, 0.15) is 62.6 Å². The minimum atomic E-state index is 0.402. The smallest absolute Gasteiger partial charge is 0.235 e. The van der Waals surface area contributed by atoms with Gasteiger partial charge in [0.2, 0.25) is 5.90 Å². The summed E-state index contributed by atoms with van der Waals surface area (Å²) in [4.78, 5) is 9.77. The predicted molar refractivity (Wildman–Crippen MR) is 110 cm³/mol. The molecule has 0 aromatic heterocycles. The fourth-order valence-electron chi connectivity index (χ4n) is 3.19. The van der Waals surface area contributed by atoms with Gasteiger partial charge < -0.3 is 4.74 Å². The third-order valence-corrected chi connectivity index (χ3v) is 4.61. The molecule has 0 radical (unpaired) electrons. The second-order valence-electron chi connectivity index (χ2n) is 7.31. The first-order valence-electron chi connectivity index (χ1n) is 9.52. The summed E-state index contributed by atoms with van der Waals surface area (Å²) in [6.07, 6.45) is 0.964. The molecular weight excluding hydrogens is 320 g/mol. The summed E-state index contributed by atoms with van der Waals surface area (Å²) < 4.78 is 5.89. The van der Waals surface area contributed by atoms with Crippen molar-refractivity contribution in [3.05, 3.63) is 65.2 Å². The number of hydrogen-bond acceptors (Lipinski definition) is 3. The van der Waals surface area contributed by atoms with Crippen molar-refractivity contribution >= 4 is 17.3 Å². The van der Waals surface area contributed by atoms with Gasteiger partial charge in [-0.1, -0.05) is 76.2 Å². The SMILES string of the molecule is CC(C)c1cccc(C(C)C)c1N=C(C1=NCCCO1)c1ccccc1. The van der Waals surface area contributed by atoms with E-state index in [0.717, 1.165) is 29.9 Å². The molecule has 1 aliphatic heterocycles. The molecule has 2 aromatic carbocycles. The van der Waals surface area contributed by atoms with E-state index in [2.05, 4.69) is 63.0 Å². The molecule has 0 saturated carbocycles. The number of benzene rings is 2. The van der Waals surface area contributed by atoms with Crippen molar-refractivity contribution in [3.63, 3.8) is 0 Å². The van der Waals surface area contributed by atoms with E-state index in [9.17, 15) is 0 Å². The first-order valence-corrected chi connectivity index (χ1v) is 9.52. The molecule has 0 unspecified atom stereocenters. The Hall–Kier alpha value is -2.42. The van der Waals surface area contributed by atoms with Crippen LogP contribution in [-0.4, -0.2) is 24.8 Å². The number of hydrogen-bond donors (Lipinski definition) is 0. The molecule has 1 heterocycles. The van der Waals surface area contributed by atoms with Gasteiger partial charge in [-0.3, -0.25) is 0 Å². The number of aliphatic imine (C=N–C) groups is 2. The molecule has 0 saturated heterocycles. The standard InChI is InChI=1S/C23H28N2O/c1-16(2)19-12-8-13-20(17(3)4)22(19)25-21(18-10-6-5-7-11-18)23-24-14-9-15-26-23/h5-8,10-13,16-17H,9,14-15H2,1-4H3. The maximum Gasteiger partial charge on any atom is 0.235 e. The van der Waals surface area contributed by atoms with Gasteiger partial charge in [0, 0.05) is 18.5 Å². The van der Waals surface area contributed by atoms with E-state index >= 15 is 0 Å². The Kier molecular flexibility index (Phi) is 5.87. The van der Waals surface area contributed by atoms with Crippen LogP contribution < -0.4 is 0 Å². The van der Waals surface area contributed by atoms with Gasteiger partial charge in [0.05, 0.1) is 12.3 Å². The maximum atomic E-state index is 5.89. The zero-order valence-corrected chi connectivity index (χ0v) is 16.2. The second kappa shape index (κ2) is 8.31. The fraction of sp³-hybridized carbons (Fsp3) is 0.391. The van der Waals surface area contributed by atoms with Crippen LogP contribution >= 0.6 is 0 Å². The highest BCUT2D eigenvalue weighted by molar-refractivity contribution is 6.46. The quantitative estimate of drug-likeness (QED) is 0.622. The zero-order chi connectivity index (χ0) is 18.5. The largest absolute Gasteiger partial charge is 0.476 e. The van der Waals surface area contributed by atoms with Gasteiger partial charge in [-0.15, -0.1) is 0 Å². The number of ether oxygens (including phenoxy) is 1. The maximum absolute atomic E-state index is 5.89. The number of nitrogens with zero attached hydrogens (tertiary/aromatic N) is 2. The van der Waals surface area contributed by atoms with Gasteiger partial charge in [0.25, 0.3) is 0 Å². The highest BCUT2D eigenvalue weighted by Crippen LogP contribution is 2.35. The lowest BCUT2D eigenvalue weighted by atomic mass is 9.92. The molecule has 0 amide bonds. The predicted octanol–water partition coefficient (Wildman–Crippen LogP) is 5.87. The molecular formula is C23H28N2O. The first kappa shape index (κ1) is 18.4. The minimum absolute atomic E-state index is 0.402. The highest BCUT2D eigenvalue weighted by Gasteiger charge is 2.19. The lowest BCUT2D eigenvalue weighted by Gasteiger charge is -2.20. The molecule has 1 aliphatic rings. The third kappa shape index (κ3) is 4.04. The van der Waals surface area contributed by atoms with Crippen molar-refractivity contribution < 1.29 is 4.74 Å². The van der Waals surface area contributed by atoms with Crippen LogP contribution in [0.2, 0.25) is 0 Å². The Morgan fingerprint density at radius 3 is 2.12 bits per heavy atom. The molecule has 0 bridgehead atoms. The lowest BCUT2D eigenvalue weighted by molar-refractivity contribution is 0.289. The molecule has 136 valence electrons. The average Bonchev–Trinajstić information content (AvgIpc) is 2.67. The Morgan fingerprint density at radius 1 is 0.923 bits per heavy atom. The van der Waals surface area contributed by atoms with Crippen molar-refractivity contribution in [3.8, 4) is 0 Å². The van der Waals surface area contributed by atoms with Crippen LogP contribution in [0.3, 0.4) is 0 Å². The third-order valence-electron chi connectivity index (χ3n) is 4.61. The molecule has 26 heavy (non-hydrogen) atoms. The second-order valence-corrected chi connectivity index (χ2v) is 7.31. The van der Waals surface area contributed by atoms with Gasteiger partial charge in [0.1, 0.15) is 5.71 Å². The van der Waals surface area contributed by atoms with Crippen LogP contribution in [0.5, 0.6) is 0 Å². The van der Waals surface area contributed by atoms with Crippen LogP contribution in [0.15, 0.2) is 58.5 Å². The van der Waals surface area contributed by atoms with Gasteiger partial charge in [-0.05, 0) is 23.0 Å². The molecule has 0 spiro atoms. The van der Waals surface area contributed by atoms with Crippen LogP contribution in [0.4, 0.5) is 5.69 Å². The summed E-state index contributed by atoms with van der Waals surface area (Å²) in [5, 5.41) is 0.